The molecule has 0 heterocycles. The van der Waals surface area contributed by atoms with E-state index in [0.29, 0.717) is 13.1 Å². The van der Waals surface area contributed by atoms with Crippen LogP contribution >= 0.6 is 0 Å². The summed E-state index contributed by atoms with van der Waals surface area (Å²) in [6.07, 6.45) is -4.30. The summed E-state index contributed by atoms with van der Waals surface area (Å²) in [7, 11) is 1.89. The second-order valence-electron chi connectivity index (χ2n) is 5.24. The van der Waals surface area contributed by atoms with Crippen LogP contribution in [-0.2, 0) is 12.7 Å². The molecule has 0 bridgehead atoms. The van der Waals surface area contributed by atoms with Crippen molar-refractivity contribution in [3.05, 3.63) is 59.7 Å². The van der Waals surface area contributed by atoms with Crippen molar-refractivity contribution in [2.75, 3.05) is 30.4 Å². The summed E-state index contributed by atoms with van der Waals surface area (Å²) in [4.78, 5) is 1.93. The number of benzene rings is 2. The minimum atomic E-state index is -4.30. The van der Waals surface area contributed by atoms with Crippen molar-refractivity contribution in [1.29, 1.82) is 0 Å². The standard InChI is InChI=1S/C17H19F3N2O/c1-22(10-11-23)16-8-6-15(7-9-16)21-12-13-2-4-14(5-3-13)17(18,19)20/h2-9,21,23H,10-12H2,1H3. The molecule has 0 aliphatic rings. The molecular formula is C17H19F3N2O. The molecule has 0 fully saturated rings. The first-order chi connectivity index (χ1) is 10.9. The van der Waals surface area contributed by atoms with Crippen LogP contribution in [0.3, 0.4) is 0 Å². The molecule has 3 nitrogen and oxygen atoms in total. The van der Waals surface area contributed by atoms with Gasteiger partial charge in [0.1, 0.15) is 0 Å². The zero-order valence-corrected chi connectivity index (χ0v) is 12.8. The Labute approximate surface area is 133 Å². The monoisotopic (exact) mass is 324 g/mol. The lowest BCUT2D eigenvalue weighted by atomic mass is 10.1. The number of hydrogen-bond donors (Lipinski definition) is 2. The second kappa shape index (κ2) is 7.37. The first-order valence-electron chi connectivity index (χ1n) is 7.22. The number of anilines is 2. The van der Waals surface area contributed by atoms with E-state index in [-0.39, 0.29) is 6.61 Å². The molecule has 6 heteroatoms. The highest BCUT2D eigenvalue weighted by atomic mass is 19.4. The van der Waals surface area contributed by atoms with Crippen molar-refractivity contribution in [3.63, 3.8) is 0 Å². The van der Waals surface area contributed by atoms with Crippen LogP contribution in [0, 0.1) is 0 Å². The molecule has 2 aromatic rings. The first kappa shape index (κ1) is 17.1. The van der Waals surface area contributed by atoms with E-state index in [9.17, 15) is 13.2 Å². The van der Waals surface area contributed by atoms with Gasteiger partial charge in [0.05, 0.1) is 12.2 Å². The highest BCUT2D eigenvalue weighted by Crippen LogP contribution is 2.29. The highest BCUT2D eigenvalue weighted by molar-refractivity contribution is 5.54. The molecule has 0 saturated heterocycles. The summed E-state index contributed by atoms with van der Waals surface area (Å²) in [5, 5.41) is 12.1. The summed E-state index contributed by atoms with van der Waals surface area (Å²) in [5.74, 6) is 0. The Morgan fingerprint density at radius 2 is 1.61 bits per heavy atom. The van der Waals surface area contributed by atoms with Gasteiger partial charge < -0.3 is 15.3 Å². The average Bonchev–Trinajstić information content (AvgIpc) is 2.53. The summed E-state index contributed by atoms with van der Waals surface area (Å²) in [6.45, 7) is 1.09. The van der Waals surface area contributed by atoms with Gasteiger partial charge in [-0.15, -0.1) is 0 Å². The van der Waals surface area contributed by atoms with Gasteiger partial charge in [0.25, 0.3) is 0 Å². The maximum atomic E-state index is 12.5. The number of hydrogen-bond acceptors (Lipinski definition) is 3. The van der Waals surface area contributed by atoms with E-state index < -0.39 is 11.7 Å². The molecule has 2 N–H and O–H groups in total. The maximum absolute atomic E-state index is 12.5. The molecule has 23 heavy (non-hydrogen) atoms. The zero-order valence-electron chi connectivity index (χ0n) is 12.8. The number of nitrogens with one attached hydrogen (secondary N) is 1. The molecule has 2 aromatic carbocycles. The zero-order chi connectivity index (χ0) is 16.9. The second-order valence-corrected chi connectivity index (χ2v) is 5.24. The number of rotatable bonds is 6. The van der Waals surface area contributed by atoms with E-state index >= 15 is 0 Å². The van der Waals surface area contributed by atoms with Gasteiger partial charge in [-0.25, -0.2) is 0 Å². The van der Waals surface area contributed by atoms with Gasteiger partial charge in [-0.3, -0.25) is 0 Å². The van der Waals surface area contributed by atoms with Gasteiger partial charge in [-0.05, 0) is 42.0 Å². The molecule has 0 unspecified atom stereocenters. The summed E-state index contributed by atoms with van der Waals surface area (Å²) < 4.78 is 37.5. The van der Waals surface area contributed by atoms with Gasteiger partial charge in [0.2, 0.25) is 0 Å². The van der Waals surface area contributed by atoms with Crippen LogP contribution < -0.4 is 10.2 Å². The van der Waals surface area contributed by atoms with Crippen LogP contribution in [0.5, 0.6) is 0 Å². The maximum Gasteiger partial charge on any atom is 0.416 e. The third-order valence-corrected chi connectivity index (χ3v) is 3.52. The van der Waals surface area contributed by atoms with Gasteiger partial charge in [0.15, 0.2) is 0 Å². The molecule has 0 saturated carbocycles. The minimum absolute atomic E-state index is 0.0877. The Morgan fingerprint density at radius 3 is 2.13 bits per heavy atom. The van der Waals surface area contributed by atoms with Gasteiger partial charge in [-0.1, -0.05) is 12.1 Å². The number of halogens is 3. The molecule has 0 amide bonds. The van der Waals surface area contributed by atoms with Crippen LogP contribution in [0.1, 0.15) is 11.1 Å². The Balaban J connectivity index is 1.93. The van der Waals surface area contributed by atoms with Crippen LogP contribution in [0.25, 0.3) is 0 Å². The Kier molecular flexibility index (Phi) is 5.50. The van der Waals surface area contributed by atoms with Gasteiger partial charge in [0, 0.05) is 31.5 Å². The van der Waals surface area contributed by atoms with Crippen molar-refractivity contribution in [1.82, 2.24) is 0 Å². The number of aliphatic hydroxyl groups is 1. The predicted molar refractivity (Wildman–Crippen MR) is 85.6 cm³/mol. The predicted octanol–water partition coefficient (Wildman–Crippen LogP) is 3.75. The summed E-state index contributed by atoms with van der Waals surface area (Å²) in [6, 6.07) is 12.8. The molecule has 0 radical (unpaired) electrons. The first-order valence-corrected chi connectivity index (χ1v) is 7.22. The molecule has 0 aliphatic carbocycles. The van der Waals surface area contributed by atoms with Crippen molar-refractivity contribution < 1.29 is 18.3 Å². The number of nitrogens with zero attached hydrogens (tertiary/aromatic N) is 1. The fourth-order valence-electron chi connectivity index (χ4n) is 2.13. The molecule has 0 aliphatic heterocycles. The lowest BCUT2D eigenvalue weighted by Gasteiger charge is -2.18. The molecule has 0 atom stereocenters. The average molecular weight is 324 g/mol. The van der Waals surface area contributed by atoms with Crippen molar-refractivity contribution in [3.8, 4) is 0 Å². The van der Waals surface area contributed by atoms with E-state index in [4.69, 9.17) is 5.11 Å². The molecule has 124 valence electrons. The van der Waals surface area contributed by atoms with E-state index in [0.717, 1.165) is 29.1 Å². The molecule has 0 spiro atoms. The van der Waals surface area contributed by atoms with Crippen LogP contribution in [0.4, 0.5) is 24.5 Å². The normalized spacial score (nSPS) is 11.3. The number of aliphatic hydroxyl groups excluding tert-OH is 1. The SMILES string of the molecule is CN(CCO)c1ccc(NCc2ccc(C(F)(F)F)cc2)cc1. The van der Waals surface area contributed by atoms with Crippen LogP contribution in [0.2, 0.25) is 0 Å². The van der Waals surface area contributed by atoms with E-state index in [1.54, 1.807) is 0 Å². The number of likely N-dealkylation sites (N-methyl/N-ethyl adjacent to an activating group) is 1. The van der Waals surface area contributed by atoms with Crippen molar-refractivity contribution in [2.45, 2.75) is 12.7 Å². The Bertz CT molecular complexity index is 609. The third-order valence-electron chi connectivity index (χ3n) is 3.52. The summed E-state index contributed by atoms with van der Waals surface area (Å²) in [5.41, 5.74) is 2.00. The fourth-order valence-corrected chi connectivity index (χ4v) is 2.13. The highest BCUT2D eigenvalue weighted by Gasteiger charge is 2.29. The lowest BCUT2D eigenvalue weighted by molar-refractivity contribution is -0.137. The largest absolute Gasteiger partial charge is 0.416 e. The molecule has 2 rings (SSSR count). The fraction of sp³-hybridized carbons (Fsp3) is 0.294. The minimum Gasteiger partial charge on any atom is -0.395 e. The molecule has 0 aromatic heterocycles. The van der Waals surface area contributed by atoms with Crippen molar-refractivity contribution in [2.24, 2.45) is 0 Å². The third kappa shape index (κ3) is 4.89. The van der Waals surface area contributed by atoms with Crippen LogP contribution in [0.15, 0.2) is 48.5 Å². The van der Waals surface area contributed by atoms with Gasteiger partial charge in [-0.2, -0.15) is 13.2 Å². The van der Waals surface area contributed by atoms with Crippen molar-refractivity contribution >= 4 is 11.4 Å². The number of alkyl halides is 3. The quantitative estimate of drug-likeness (QED) is 0.849. The lowest BCUT2D eigenvalue weighted by Crippen LogP contribution is -2.20. The van der Waals surface area contributed by atoms with E-state index in [1.165, 1.54) is 12.1 Å². The molecular weight excluding hydrogens is 305 g/mol. The van der Waals surface area contributed by atoms with Gasteiger partial charge >= 0.3 is 6.18 Å². The van der Waals surface area contributed by atoms with E-state index in [1.807, 2.05) is 36.2 Å². The smallest absolute Gasteiger partial charge is 0.395 e. The topological polar surface area (TPSA) is 35.5 Å². The summed E-state index contributed by atoms with van der Waals surface area (Å²) >= 11 is 0. The van der Waals surface area contributed by atoms with E-state index in [2.05, 4.69) is 5.32 Å². The van der Waals surface area contributed by atoms with Crippen LogP contribution in [-0.4, -0.2) is 25.3 Å². The Morgan fingerprint density at radius 1 is 1.00 bits per heavy atom. The Hall–Kier alpha value is -2.21.